The summed E-state index contributed by atoms with van der Waals surface area (Å²) < 4.78 is 0. The van der Waals surface area contributed by atoms with Gasteiger partial charge < -0.3 is 9.88 Å². The van der Waals surface area contributed by atoms with Crippen molar-refractivity contribution in [1.29, 1.82) is 0 Å². The van der Waals surface area contributed by atoms with E-state index in [1.54, 1.807) is 0 Å². The van der Waals surface area contributed by atoms with Crippen LogP contribution >= 0.6 is 0 Å². The molecule has 0 saturated heterocycles. The van der Waals surface area contributed by atoms with E-state index in [1.807, 2.05) is 0 Å². The topological polar surface area (TPSA) is 19.0 Å². The minimum absolute atomic E-state index is 0.0415. The molecule has 1 aromatic heterocycles. The van der Waals surface area contributed by atoms with E-state index >= 15 is 0 Å². The van der Waals surface area contributed by atoms with Crippen molar-refractivity contribution < 1.29 is 0 Å². The van der Waals surface area contributed by atoms with Crippen LogP contribution in [-0.2, 0) is 5.41 Å². The first-order chi connectivity index (χ1) is 24.0. The van der Waals surface area contributed by atoms with Gasteiger partial charge in [-0.25, -0.2) is 0 Å². The largest absolute Gasteiger partial charge is 0.354 e. The third-order valence-electron chi connectivity index (χ3n) is 10.8. The van der Waals surface area contributed by atoms with E-state index in [9.17, 15) is 0 Å². The molecule has 1 N–H and O–H groups in total. The molecule has 232 valence electrons. The monoisotopic (exact) mass is 626 g/mol. The molecule has 0 bridgehead atoms. The highest BCUT2D eigenvalue weighted by molar-refractivity contribution is 6.14. The number of aromatic amines is 1. The third-order valence-corrected chi connectivity index (χ3v) is 10.8. The zero-order valence-corrected chi connectivity index (χ0v) is 27.5. The van der Waals surface area contributed by atoms with Crippen molar-refractivity contribution in [1.82, 2.24) is 4.98 Å². The second-order valence-corrected chi connectivity index (χ2v) is 13.9. The van der Waals surface area contributed by atoms with Gasteiger partial charge in [0.1, 0.15) is 0 Å². The number of H-pyrrole nitrogens is 1. The zero-order chi connectivity index (χ0) is 32.7. The molecule has 49 heavy (non-hydrogen) atoms. The van der Waals surface area contributed by atoms with Crippen molar-refractivity contribution in [3.05, 3.63) is 175 Å². The molecule has 8 aromatic carbocycles. The Morgan fingerprint density at radius 1 is 0.429 bits per heavy atom. The molecule has 1 aliphatic rings. The van der Waals surface area contributed by atoms with Gasteiger partial charge in [-0.15, -0.1) is 0 Å². The molecule has 0 fully saturated rings. The Labute approximate surface area is 285 Å². The highest BCUT2D eigenvalue weighted by Crippen LogP contribution is 2.52. The second-order valence-electron chi connectivity index (χ2n) is 13.9. The van der Waals surface area contributed by atoms with Gasteiger partial charge in [-0.05, 0) is 91.8 Å². The van der Waals surface area contributed by atoms with Crippen molar-refractivity contribution in [2.45, 2.75) is 19.3 Å². The lowest BCUT2D eigenvalue weighted by atomic mass is 9.82. The highest BCUT2D eigenvalue weighted by Gasteiger charge is 2.36. The number of para-hydroxylation sites is 1. The number of hydrogen-bond acceptors (Lipinski definition) is 1. The van der Waals surface area contributed by atoms with E-state index < -0.39 is 0 Å². The molecule has 2 nitrogen and oxygen atoms in total. The van der Waals surface area contributed by atoms with E-state index in [-0.39, 0.29) is 5.41 Å². The van der Waals surface area contributed by atoms with Crippen LogP contribution in [0.4, 0.5) is 17.1 Å². The van der Waals surface area contributed by atoms with Gasteiger partial charge in [0.15, 0.2) is 0 Å². The van der Waals surface area contributed by atoms with Gasteiger partial charge in [0.05, 0.1) is 5.52 Å². The minimum Gasteiger partial charge on any atom is -0.354 e. The average Bonchev–Trinajstić information content (AvgIpc) is 3.63. The Bertz CT molecular complexity index is 2680. The maximum absolute atomic E-state index is 3.86. The maximum atomic E-state index is 3.86. The predicted molar refractivity (Wildman–Crippen MR) is 208 cm³/mol. The second kappa shape index (κ2) is 10.4. The molecule has 0 amide bonds. The number of rotatable bonds is 4. The van der Waals surface area contributed by atoms with Crippen LogP contribution in [0.25, 0.3) is 65.6 Å². The third kappa shape index (κ3) is 4.20. The quantitative estimate of drug-likeness (QED) is 0.206. The minimum atomic E-state index is -0.0415. The normalized spacial score (nSPS) is 13.3. The van der Waals surface area contributed by atoms with Crippen molar-refractivity contribution in [2.24, 2.45) is 0 Å². The van der Waals surface area contributed by atoms with E-state index in [0.29, 0.717) is 0 Å². The lowest BCUT2D eigenvalue weighted by Crippen LogP contribution is -2.14. The van der Waals surface area contributed by atoms with Gasteiger partial charge in [-0.3, -0.25) is 0 Å². The SMILES string of the molecule is CC1(C)c2ccccc2-c2c(-c3cccc4c3[nH]c3ccc(N(c5ccc6ccccc6c5)c5ccc6ccccc6c5)cc34)cccc21. The zero-order valence-electron chi connectivity index (χ0n) is 27.5. The van der Waals surface area contributed by atoms with E-state index in [2.05, 4.69) is 188 Å². The van der Waals surface area contributed by atoms with Crippen LogP contribution in [0.2, 0.25) is 0 Å². The molecule has 9 aromatic rings. The summed E-state index contributed by atoms with van der Waals surface area (Å²) in [6.45, 7) is 4.70. The van der Waals surface area contributed by atoms with Crippen LogP contribution in [0.15, 0.2) is 164 Å². The molecule has 0 aliphatic heterocycles. The van der Waals surface area contributed by atoms with Crippen molar-refractivity contribution >= 4 is 60.4 Å². The van der Waals surface area contributed by atoms with Gasteiger partial charge in [0.2, 0.25) is 0 Å². The maximum Gasteiger partial charge on any atom is 0.0544 e. The van der Waals surface area contributed by atoms with E-state index in [0.717, 1.165) is 22.6 Å². The molecule has 1 aliphatic carbocycles. The molecule has 0 radical (unpaired) electrons. The fraction of sp³-hybridized carbons (Fsp3) is 0.0638. The number of anilines is 3. The van der Waals surface area contributed by atoms with Crippen molar-refractivity contribution in [3.8, 4) is 22.3 Å². The fourth-order valence-corrected chi connectivity index (χ4v) is 8.33. The van der Waals surface area contributed by atoms with Gasteiger partial charge in [0.25, 0.3) is 0 Å². The lowest BCUT2D eigenvalue weighted by molar-refractivity contribution is 0.660. The van der Waals surface area contributed by atoms with Crippen LogP contribution < -0.4 is 4.90 Å². The Hall–Kier alpha value is -6.12. The van der Waals surface area contributed by atoms with Gasteiger partial charge in [-0.1, -0.05) is 135 Å². The van der Waals surface area contributed by atoms with E-state index in [4.69, 9.17) is 0 Å². The molecule has 0 atom stereocenters. The van der Waals surface area contributed by atoms with Crippen LogP contribution in [-0.4, -0.2) is 4.98 Å². The summed E-state index contributed by atoms with van der Waals surface area (Å²) in [7, 11) is 0. The first kappa shape index (κ1) is 27.9. The van der Waals surface area contributed by atoms with Crippen LogP contribution in [0.5, 0.6) is 0 Å². The first-order valence-corrected chi connectivity index (χ1v) is 17.1. The average molecular weight is 627 g/mol. The van der Waals surface area contributed by atoms with Crippen LogP contribution in [0.1, 0.15) is 25.0 Å². The number of benzene rings is 8. The fourth-order valence-electron chi connectivity index (χ4n) is 8.33. The number of nitrogens with one attached hydrogen (secondary N) is 1. The Kier molecular flexibility index (Phi) is 5.95. The van der Waals surface area contributed by atoms with Crippen LogP contribution in [0.3, 0.4) is 0 Å². The summed E-state index contributed by atoms with van der Waals surface area (Å²) in [4.78, 5) is 6.25. The highest BCUT2D eigenvalue weighted by atomic mass is 15.1. The Balaban J connectivity index is 1.18. The summed E-state index contributed by atoms with van der Waals surface area (Å²) >= 11 is 0. The summed E-state index contributed by atoms with van der Waals surface area (Å²) in [5.41, 5.74) is 13.7. The van der Waals surface area contributed by atoms with Gasteiger partial charge >= 0.3 is 0 Å². The molecule has 0 saturated carbocycles. The molecule has 0 spiro atoms. The number of hydrogen-bond donors (Lipinski definition) is 1. The smallest absolute Gasteiger partial charge is 0.0544 e. The van der Waals surface area contributed by atoms with E-state index in [1.165, 1.54) is 71.2 Å². The Morgan fingerprint density at radius 3 is 1.71 bits per heavy atom. The summed E-state index contributed by atoms with van der Waals surface area (Å²) in [6, 6.07) is 60.1. The van der Waals surface area contributed by atoms with Gasteiger partial charge in [0, 0.05) is 44.3 Å². The summed E-state index contributed by atoms with van der Waals surface area (Å²) in [5, 5.41) is 7.38. The van der Waals surface area contributed by atoms with Crippen molar-refractivity contribution in [2.75, 3.05) is 4.90 Å². The molecular weight excluding hydrogens is 593 g/mol. The molecular formula is C47H34N2. The van der Waals surface area contributed by atoms with Crippen molar-refractivity contribution in [3.63, 3.8) is 0 Å². The number of aromatic nitrogens is 1. The Morgan fingerprint density at radius 2 is 0.980 bits per heavy atom. The number of nitrogens with zero attached hydrogens (tertiary/aromatic N) is 1. The number of fused-ring (bicyclic) bond motifs is 8. The summed E-state index contributed by atoms with van der Waals surface area (Å²) in [5.74, 6) is 0. The van der Waals surface area contributed by atoms with Crippen LogP contribution in [0, 0.1) is 0 Å². The molecule has 2 heteroatoms. The summed E-state index contributed by atoms with van der Waals surface area (Å²) in [6.07, 6.45) is 0. The first-order valence-electron chi connectivity index (χ1n) is 17.1. The molecule has 0 unspecified atom stereocenters. The standard InChI is InChI=1S/C47H34N2/c1-47(2)42-19-8-7-15-40(42)45-37(16-10-20-43(45)47)38-17-9-18-39-41-29-36(25-26-44(41)48-46(38)39)49(34-23-21-30-11-3-5-13-32(30)27-34)35-24-22-31-12-4-6-14-33(31)28-35/h3-29,48H,1-2H3. The molecule has 1 heterocycles. The van der Waals surface area contributed by atoms with Gasteiger partial charge in [-0.2, -0.15) is 0 Å². The molecule has 10 rings (SSSR count). The lowest BCUT2D eigenvalue weighted by Gasteiger charge is -2.26. The predicted octanol–water partition coefficient (Wildman–Crippen LogP) is 13.1.